The summed E-state index contributed by atoms with van der Waals surface area (Å²) in [5, 5.41) is 10.8. The molecule has 1 aliphatic rings. The number of hydrogen-bond donors (Lipinski definition) is 2. The molecule has 1 aromatic rings. The first-order valence-electron chi connectivity index (χ1n) is 9.13. The highest BCUT2D eigenvalue weighted by atomic mass is 16.5. The largest absolute Gasteiger partial charge is 0.359 e. The third kappa shape index (κ3) is 5.51. The van der Waals surface area contributed by atoms with Crippen molar-refractivity contribution in [2.24, 2.45) is 10.9 Å². The highest BCUT2D eigenvalue weighted by Gasteiger charge is 2.21. The predicted molar refractivity (Wildman–Crippen MR) is 98.2 cm³/mol. The summed E-state index contributed by atoms with van der Waals surface area (Å²) in [4.78, 5) is 6.87. The molecule has 0 bridgehead atoms. The first-order valence-corrected chi connectivity index (χ1v) is 9.13. The Balaban J connectivity index is 1.75. The number of aromatic nitrogens is 1. The Hall–Kier alpha value is -1.56. The van der Waals surface area contributed by atoms with Crippen LogP contribution in [0.1, 0.15) is 57.9 Å². The number of rotatable bonds is 6. The lowest BCUT2D eigenvalue weighted by atomic mass is 9.97. The molecule has 2 heterocycles. The SMILES string of the molecule is CN=C(NCc1cc(C(C)C)no1)NC[C@@H]1CCCN(C(C)C)C1. The maximum Gasteiger partial charge on any atom is 0.191 e. The summed E-state index contributed by atoms with van der Waals surface area (Å²) in [6, 6.07) is 2.64. The Morgan fingerprint density at radius 2 is 2.17 bits per heavy atom. The minimum Gasteiger partial charge on any atom is -0.359 e. The second-order valence-corrected chi connectivity index (χ2v) is 7.28. The number of nitrogens with one attached hydrogen (secondary N) is 2. The van der Waals surface area contributed by atoms with E-state index in [1.807, 2.05) is 6.07 Å². The Morgan fingerprint density at radius 1 is 1.38 bits per heavy atom. The van der Waals surface area contributed by atoms with E-state index >= 15 is 0 Å². The zero-order chi connectivity index (χ0) is 17.5. The molecular weight excluding hydrogens is 302 g/mol. The fourth-order valence-electron chi connectivity index (χ4n) is 3.05. The van der Waals surface area contributed by atoms with Crippen LogP contribution in [0.4, 0.5) is 0 Å². The standard InChI is InChI=1S/C18H33N5O/c1-13(2)17-9-16(24-22-17)11-21-18(19-5)20-10-15-7-6-8-23(12-15)14(3)4/h9,13-15H,6-8,10-12H2,1-5H3,(H2,19,20,21)/t15-/m0/s1. The van der Waals surface area contributed by atoms with Crippen LogP contribution in [0.25, 0.3) is 0 Å². The molecule has 1 fully saturated rings. The molecule has 0 unspecified atom stereocenters. The molecule has 0 amide bonds. The predicted octanol–water partition coefficient (Wildman–Crippen LogP) is 2.58. The lowest BCUT2D eigenvalue weighted by Gasteiger charge is -2.35. The van der Waals surface area contributed by atoms with Crippen molar-refractivity contribution in [3.8, 4) is 0 Å². The molecule has 24 heavy (non-hydrogen) atoms. The van der Waals surface area contributed by atoms with E-state index in [9.17, 15) is 0 Å². The molecule has 1 atom stereocenters. The molecule has 136 valence electrons. The fraction of sp³-hybridized carbons (Fsp3) is 0.778. The highest BCUT2D eigenvalue weighted by molar-refractivity contribution is 5.79. The van der Waals surface area contributed by atoms with Crippen molar-refractivity contribution < 1.29 is 4.52 Å². The molecule has 6 heteroatoms. The molecule has 0 saturated carbocycles. The lowest BCUT2D eigenvalue weighted by molar-refractivity contribution is 0.141. The number of aliphatic imine (C=N–C) groups is 1. The minimum atomic E-state index is 0.384. The van der Waals surface area contributed by atoms with Gasteiger partial charge in [-0.15, -0.1) is 0 Å². The summed E-state index contributed by atoms with van der Waals surface area (Å²) < 4.78 is 5.35. The second-order valence-electron chi connectivity index (χ2n) is 7.28. The Kier molecular flexibility index (Phi) is 7.09. The third-order valence-electron chi connectivity index (χ3n) is 4.66. The van der Waals surface area contributed by atoms with E-state index in [0.29, 0.717) is 24.4 Å². The van der Waals surface area contributed by atoms with Crippen molar-refractivity contribution in [1.82, 2.24) is 20.7 Å². The van der Waals surface area contributed by atoms with E-state index in [0.717, 1.165) is 24.0 Å². The summed E-state index contributed by atoms with van der Waals surface area (Å²) in [5.41, 5.74) is 0.991. The van der Waals surface area contributed by atoms with Gasteiger partial charge in [0.25, 0.3) is 0 Å². The zero-order valence-corrected chi connectivity index (χ0v) is 15.8. The van der Waals surface area contributed by atoms with Crippen molar-refractivity contribution in [2.75, 3.05) is 26.7 Å². The van der Waals surface area contributed by atoms with Crippen molar-refractivity contribution in [2.45, 2.75) is 59.0 Å². The van der Waals surface area contributed by atoms with Gasteiger partial charge >= 0.3 is 0 Å². The topological polar surface area (TPSA) is 65.7 Å². The molecule has 0 spiro atoms. The number of guanidine groups is 1. The number of nitrogens with zero attached hydrogens (tertiary/aromatic N) is 3. The van der Waals surface area contributed by atoms with E-state index in [1.54, 1.807) is 7.05 Å². The minimum absolute atomic E-state index is 0.384. The average Bonchev–Trinajstić information content (AvgIpc) is 3.04. The van der Waals surface area contributed by atoms with Gasteiger partial charge in [0.15, 0.2) is 11.7 Å². The van der Waals surface area contributed by atoms with Crippen LogP contribution in [0.3, 0.4) is 0 Å². The van der Waals surface area contributed by atoms with Gasteiger partial charge in [0.05, 0.1) is 12.2 Å². The average molecular weight is 335 g/mol. The van der Waals surface area contributed by atoms with Crippen LogP contribution in [-0.4, -0.2) is 48.7 Å². The maximum absolute atomic E-state index is 5.35. The molecule has 2 rings (SSSR count). The van der Waals surface area contributed by atoms with Crippen LogP contribution >= 0.6 is 0 Å². The van der Waals surface area contributed by atoms with Crippen molar-refractivity contribution >= 4 is 5.96 Å². The molecule has 1 saturated heterocycles. The van der Waals surface area contributed by atoms with Crippen LogP contribution in [-0.2, 0) is 6.54 Å². The van der Waals surface area contributed by atoms with Crippen LogP contribution < -0.4 is 10.6 Å². The smallest absolute Gasteiger partial charge is 0.191 e. The molecular formula is C18H33N5O. The summed E-state index contributed by atoms with van der Waals surface area (Å²) in [6.07, 6.45) is 2.57. The summed E-state index contributed by atoms with van der Waals surface area (Å²) in [5.74, 6) is 2.72. The van der Waals surface area contributed by atoms with E-state index in [-0.39, 0.29) is 0 Å². The monoisotopic (exact) mass is 335 g/mol. The number of piperidine rings is 1. The summed E-state index contributed by atoms with van der Waals surface area (Å²) >= 11 is 0. The van der Waals surface area contributed by atoms with Crippen LogP contribution in [0.5, 0.6) is 0 Å². The van der Waals surface area contributed by atoms with Crippen LogP contribution in [0, 0.1) is 5.92 Å². The zero-order valence-electron chi connectivity index (χ0n) is 15.8. The van der Waals surface area contributed by atoms with Crippen LogP contribution in [0.15, 0.2) is 15.6 Å². The summed E-state index contributed by atoms with van der Waals surface area (Å²) in [7, 11) is 1.80. The van der Waals surface area contributed by atoms with Gasteiger partial charge in [-0.2, -0.15) is 0 Å². The van der Waals surface area contributed by atoms with Gasteiger partial charge in [0.1, 0.15) is 0 Å². The summed E-state index contributed by atoms with van der Waals surface area (Å²) in [6.45, 7) is 12.7. The molecule has 0 radical (unpaired) electrons. The van der Waals surface area contributed by atoms with Crippen molar-refractivity contribution in [3.63, 3.8) is 0 Å². The molecule has 2 N–H and O–H groups in total. The number of hydrogen-bond acceptors (Lipinski definition) is 4. The van der Waals surface area contributed by atoms with Gasteiger partial charge in [-0.3, -0.25) is 4.99 Å². The highest BCUT2D eigenvalue weighted by Crippen LogP contribution is 2.17. The van der Waals surface area contributed by atoms with Crippen molar-refractivity contribution in [1.29, 1.82) is 0 Å². The number of likely N-dealkylation sites (tertiary alicyclic amines) is 1. The Bertz CT molecular complexity index is 523. The van der Waals surface area contributed by atoms with E-state index in [1.165, 1.54) is 25.9 Å². The van der Waals surface area contributed by atoms with E-state index in [2.05, 4.69) is 53.4 Å². The van der Waals surface area contributed by atoms with Crippen LogP contribution in [0.2, 0.25) is 0 Å². The van der Waals surface area contributed by atoms with E-state index < -0.39 is 0 Å². The Morgan fingerprint density at radius 3 is 2.79 bits per heavy atom. The molecule has 0 aromatic carbocycles. The second kappa shape index (κ2) is 9.06. The third-order valence-corrected chi connectivity index (χ3v) is 4.66. The maximum atomic E-state index is 5.35. The molecule has 1 aliphatic heterocycles. The van der Waals surface area contributed by atoms with Gasteiger partial charge in [-0.25, -0.2) is 0 Å². The lowest BCUT2D eigenvalue weighted by Crippen LogP contribution is -2.45. The normalized spacial score (nSPS) is 20.0. The van der Waals surface area contributed by atoms with E-state index in [4.69, 9.17) is 4.52 Å². The molecule has 6 nitrogen and oxygen atoms in total. The fourth-order valence-corrected chi connectivity index (χ4v) is 3.05. The van der Waals surface area contributed by atoms with Gasteiger partial charge < -0.3 is 20.1 Å². The first-order chi connectivity index (χ1) is 11.5. The quantitative estimate of drug-likeness (QED) is 0.618. The molecule has 0 aliphatic carbocycles. The van der Waals surface area contributed by atoms with Gasteiger partial charge in [-0.05, 0) is 45.1 Å². The van der Waals surface area contributed by atoms with Gasteiger partial charge in [0, 0.05) is 32.2 Å². The Labute approximate surface area is 146 Å². The van der Waals surface area contributed by atoms with Crippen molar-refractivity contribution in [3.05, 3.63) is 17.5 Å². The van der Waals surface area contributed by atoms with Gasteiger partial charge in [0.2, 0.25) is 0 Å². The first kappa shape index (κ1) is 18.8. The van der Waals surface area contributed by atoms with Gasteiger partial charge in [-0.1, -0.05) is 19.0 Å². The molecule has 1 aromatic heterocycles.